The number of thiophene rings is 1. The number of nitrogens with one attached hydrogen (secondary N) is 2. The molecule has 0 saturated heterocycles. The van der Waals surface area contributed by atoms with Gasteiger partial charge in [0.1, 0.15) is 5.82 Å². The number of carbonyl (C=O) groups excluding carboxylic acids is 1. The summed E-state index contributed by atoms with van der Waals surface area (Å²) in [6.45, 7) is 3.28. The van der Waals surface area contributed by atoms with Gasteiger partial charge in [-0.2, -0.15) is 0 Å². The van der Waals surface area contributed by atoms with Gasteiger partial charge in [-0.05, 0) is 42.1 Å². The number of sulfonamides is 1. The number of hydrogen-bond acceptors (Lipinski definition) is 4. The van der Waals surface area contributed by atoms with Crippen molar-refractivity contribution in [3.05, 3.63) is 45.9 Å². The van der Waals surface area contributed by atoms with Gasteiger partial charge in [-0.25, -0.2) is 17.5 Å². The molecular weight excluding hydrogens is 327 g/mol. The largest absolute Gasteiger partial charge is 0.324 e. The van der Waals surface area contributed by atoms with Crippen LogP contribution < -0.4 is 10.0 Å². The Morgan fingerprint density at radius 3 is 2.64 bits per heavy atom. The quantitative estimate of drug-likeness (QED) is 0.877. The SMILES string of the molecule is CC(=O)Nc1cc(S(=O)(=O)NCc2sccc2C)ccc1F. The molecule has 2 aromatic rings. The summed E-state index contributed by atoms with van der Waals surface area (Å²) in [5.74, 6) is -1.17. The normalized spacial score (nSPS) is 11.4. The summed E-state index contributed by atoms with van der Waals surface area (Å²) in [6, 6.07) is 5.17. The first kappa shape index (κ1) is 16.6. The third kappa shape index (κ3) is 3.90. The molecule has 5 nitrogen and oxygen atoms in total. The Hall–Kier alpha value is -1.77. The van der Waals surface area contributed by atoms with E-state index < -0.39 is 21.7 Å². The fourth-order valence-electron chi connectivity index (χ4n) is 1.79. The molecule has 0 aliphatic rings. The van der Waals surface area contributed by atoms with Crippen LogP contribution in [0.1, 0.15) is 17.4 Å². The monoisotopic (exact) mass is 342 g/mol. The van der Waals surface area contributed by atoms with Crippen molar-refractivity contribution in [2.45, 2.75) is 25.3 Å². The van der Waals surface area contributed by atoms with Crippen LogP contribution in [-0.4, -0.2) is 14.3 Å². The molecule has 1 heterocycles. The Morgan fingerprint density at radius 2 is 2.05 bits per heavy atom. The minimum absolute atomic E-state index is 0.105. The van der Waals surface area contributed by atoms with Crippen molar-refractivity contribution in [3.8, 4) is 0 Å². The van der Waals surface area contributed by atoms with Gasteiger partial charge in [-0.3, -0.25) is 4.79 Å². The minimum Gasteiger partial charge on any atom is -0.324 e. The Morgan fingerprint density at radius 1 is 1.32 bits per heavy atom. The highest BCUT2D eigenvalue weighted by atomic mass is 32.2. The van der Waals surface area contributed by atoms with Gasteiger partial charge in [0.15, 0.2) is 0 Å². The molecule has 0 unspecified atom stereocenters. The Labute approximate surface area is 132 Å². The second-order valence-electron chi connectivity index (χ2n) is 4.67. The molecule has 118 valence electrons. The zero-order valence-corrected chi connectivity index (χ0v) is 13.6. The fourth-order valence-corrected chi connectivity index (χ4v) is 3.74. The minimum atomic E-state index is -3.79. The van der Waals surface area contributed by atoms with Crippen molar-refractivity contribution < 1.29 is 17.6 Å². The fraction of sp³-hybridized carbons (Fsp3) is 0.214. The number of amides is 1. The number of hydrogen-bond donors (Lipinski definition) is 2. The van der Waals surface area contributed by atoms with Crippen molar-refractivity contribution in [2.24, 2.45) is 0 Å². The number of halogens is 1. The van der Waals surface area contributed by atoms with Crippen molar-refractivity contribution in [1.82, 2.24) is 4.72 Å². The average molecular weight is 342 g/mol. The molecule has 0 saturated carbocycles. The highest BCUT2D eigenvalue weighted by molar-refractivity contribution is 7.89. The summed E-state index contributed by atoms with van der Waals surface area (Å²) in [7, 11) is -3.79. The Balaban J connectivity index is 2.22. The van der Waals surface area contributed by atoms with Gasteiger partial charge in [-0.1, -0.05) is 0 Å². The van der Waals surface area contributed by atoms with Crippen LogP contribution in [0.4, 0.5) is 10.1 Å². The van der Waals surface area contributed by atoms with Gasteiger partial charge in [0.25, 0.3) is 0 Å². The van der Waals surface area contributed by atoms with Gasteiger partial charge >= 0.3 is 0 Å². The maximum Gasteiger partial charge on any atom is 0.240 e. The first-order valence-electron chi connectivity index (χ1n) is 6.39. The molecule has 2 N–H and O–H groups in total. The van der Waals surface area contributed by atoms with Crippen LogP contribution in [-0.2, 0) is 21.4 Å². The summed E-state index contributed by atoms with van der Waals surface area (Å²) >= 11 is 1.46. The zero-order chi connectivity index (χ0) is 16.3. The third-order valence-electron chi connectivity index (χ3n) is 2.95. The molecule has 8 heteroatoms. The standard InChI is InChI=1S/C14H15FN2O3S2/c1-9-5-6-21-14(9)8-16-22(19,20)11-3-4-12(15)13(7-11)17-10(2)18/h3-7,16H,8H2,1-2H3,(H,17,18). The zero-order valence-electron chi connectivity index (χ0n) is 12.0. The van der Waals surface area contributed by atoms with Crippen LogP contribution in [0, 0.1) is 12.7 Å². The summed E-state index contributed by atoms with van der Waals surface area (Å²) in [5, 5.41) is 4.14. The van der Waals surface area contributed by atoms with Crippen LogP contribution >= 0.6 is 11.3 Å². The lowest BCUT2D eigenvalue weighted by Crippen LogP contribution is -2.23. The van der Waals surface area contributed by atoms with Crippen LogP contribution in [0.15, 0.2) is 34.5 Å². The molecule has 0 atom stereocenters. The highest BCUT2D eigenvalue weighted by Crippen LogP contribution is 2.21. The second kappa shape index (κ2) is 6.55. The third-order valence-corrected chi connectivity index (χ3v) is 5.37. The molecule has 2 rings (SSSR count). The maximum atomic E-state index is 13.6. The summed E-state index contributed by atoms with van der Waals surface area (Å²) in [6.07, 6.45) is 0. The van der Waals surface area contributed by atoms with E-state index >= 15 is 0 Å². The Bertz CT molecular complexity index is 800. The number of benzene rings is 1. The van der Waals surface area contributed by atoms with E-state index in [0.717, 1.165) is 28.6 Å². The van der Waals surface area contributed by atoms with Gasteiger partial charge in [-0.15, -0.1) is 11.3 Å². The summed E-state index contributed by atoms with van der Waals surface area (Å²) in [4.78, 5) is 11.8. The van der Waals surface area contributed by atoms with E-state index in [0.29, 0.717) is 0 Å². The molecule has 0 aliphatic heterocycles. The molecule has 0 spiro atoms. The summed E-state index contributed by atoms with van der Waals surface area (Å²) < 4.78 is 40.5. The predicted octanol–water partition coefficient (Wildman–Crippen LogP) is 2.63. The molecule has 0 aliphatic carbocycles. The number of carbonyl (C=O) groups is 1. The maximum absolute atomic E-state index is 13.6. The number of rotatable bonds is 5. The van der Waals surface area contributed by atoms with E-state index in [9.17, 15) is 17.6 Å². The van der Waals surface area contributed by atoms with Crippen molar-refractivity contribution >= 4 is 33.0 Å². The lowest BCUT2D eigenvalue weighted by atomic mass is 10.3. The van der Waals surface area contributed by atoms with E-state index in [2.05, 4.69) is 10.0 Å². The number of anilines is 1. The van der Waals surface area contributed by atoms with Gasteiger partial charge in [0.05, 0.1) is 10.6 Å². The first-order valence-corrected chi connectivity index (χ1v) is 8.75. The molecule has 0 radical (unpaired) electrons. The number of aryl methyl sites for hydroxylation is 1. The molecule has 22 heavy (non-hydrogen) atoms. The Kier molecular flexibility index (Phi) is 4.94. The average Bonchev–Trinajstić information content (AvgIpc) is 2.84. The van der Waals surface area contributed by atoms with E-state index in [1.54, 1.807) is 0 Å². The van der Waals surface area contributed by atoms with E-state index in [1.165, 1.54) is 18.3 Å². The van der Waals surface area contributed by atoms with E-state index in [4.69, 9.17) is 0 Å². The lowest BCUT2D eigenvalue weighted by molar-refractivity contribution is -0.114. The summed E-state index contributed by atoms with van der Waals surface area (Å²) in [5.41, 5.74) is 0.841. The van der Waals surface area contributed by atoms with Crippen LogP contribution in [0.25, 0.3) is 0 Å². The van der Waals surface area contributed by atoms with Crippen LogP contribution in [0.3, 0.4) is 0 Å². The molecular formula is C14H15FN2O3S2. The van der Waals surface area contributed by atoms with Crippen LogP contribution in [0.2, 0.25) is 0 Å². The van der Waals surface area contributed by atoms with Gasteiger partial charge < -0.3 is 5.32 Å². The van der Waals surface area contributed by atoms with Crippen molar-refractivity contribution in [2.75, 3.05) is 5.32 Å². The molecule has 1 aromatic carbocycles. The van der Waals surface area contributed by atoms with Crippen molar-refractivity contribution in [3.63, 3.8) is 0 Å². The predicted molar refractivity (Wildman–Crippen MR) is 83.8 cm³/mol. The van der Waals surface area contributed by atoms with Crippen LogP contribution in [0.5, 0.6) is 0 Å². The molecule has 1 aromatic heterocycles. The second-order valence-corrected chi connectivity index (χ2v) is 7.44. The smallest absolute Gasteiger partial charge is 0.240 e. The lowest BCUT2D eigenvalue weighted by Gasteiger charge is -2.09. The molecule has 0 bridgehead atoms. The van der Waals surface area contributed by atoms with Crippen molar-refractivity contribution in [1.29, 1.82) is 0 Å². The highest BCUT2D eigenvalue weighted by Gasteiger charge is 2.17. The van der Waals surface area contributed by atoms with E-state index in [1.807, 2.05) is 18.4 Å². The first-order chi connectivity index (χ1) is 10.3. The topological polar surface area (TPSA) is 75.3 Å². The molecule has 0 fully saturated rings. The van der Waals surface area contributed by atoms with E-state index in [-0.39, 0.29) is 17.1 Å². The van der Waals surface area contributed by atoms with Gasteiger partial charge in [0, 0.05) is 18.3 Å². The molecule has 1 amide bonds. The van der Waals surface area contributed by atoms with Gasteiger partial charge in [0.2, 0.25) is 15.9 Å².